The Bertz CT molecular complexity index is 689. The van der Waals surface area contributed by atoms with Crippen LogP contribution in [-0.2, 0) is 0 Å². The maximum Gasteiger partial charge on any atom is 0.120 e. The minimum Gasteiger partial charge on any atom is -0.497 e. The summed E-state index contributed by atoms with van der Waals surface area (Å²) in [6, 6.07) is 9.77. The molecular formula is C14H11BrO2S2. The molecule has 0 aliphatic heterocycles. The van der Waals surface area contributed by atoms with Gasteiger partial charge in [-0.25, -0.2) is 0 Å². The van der Waals surface area contributed by atoms with Crippen LogP contribution in [0.15, 0.2) is 40.2 Å². The molecule has 0 spiro atoms. The molecule has 1 aromatic carbocycles. The van der Waals surface area contributed by atoms with Crippen LogP contribution in [0, 0.1) is 0 Å². The molecule has 0 radical (unpaired) electrons. The second-order valence-corrected chi connectivity index (χ2v) is 7.01. The average Bonchev–Trinajstić information content (AvgIpc) is 2.98. The van der Waals surface area contributed by atoms with E-state index in [2.05, 4.69) is 33.4 Å². The number of benzene rings is 1. The summed E-state index contributed by atoms with van der Waals surface area (Å²) in [5.41, 5.74) is 0.856. The van der Waals surface area contributed by atoms with Crippen LogP contribution in [0.4, 0.5) is 0 Å². The highest BCUT2D eigenvalue weighted by Gasteiger charge is 2.17. The van der Waals surface area contributed by atoms with Crippen LogP contribution in [0.3, 0.4) is 0 Å². The van der Waals surface area contributed by atoms with Gasteiger partial charge in [-0.1, -0.05) is 22.0 Å². The number of halogens is 1. The Morgan fingerprint density at radius 2 is 2.05 bits per heavy atom. The Morgan fingerprint density at radius 1 is 1.21 bits per heavy atom. The number of rotatable bonds is 3. The molecule has 2 aromatic heterocycles. The summed E-state index contributed by atoms with van der Waals surface area (Å²) >= 11 is 6.82. The molecule has 0 bridgehead atoms. The van der Waals surface area contributed by atoms with Gasteiger partial charge in [-0.2, -0.15) is 0 Å². The number of thiophene rings is 2. The lowest BCUT2D eigenvalue weighted by Gasteiger charge is -2.12. The van der Waals surface area contributed by atoms with Gasteiger partial charge in [-0.05, 0) is 29.6 Å². The van der Waals surface area contributed by atoms with E-state index in [1.54, 1.807) is 29.8 Å². The molecule has 1 N–H and O–H groups in total. The van der Waals surface area contributed by atoms with Gasteiger partial charge >= 0.3 is 0 Å². The number of hydrogen-bond donors (Lipinski definition) is 1. The quantitative estimate of drug-likeness (QED) is 0.730. The van der Waals surface area contributed by atoms with Crippen molar-refractivity contribution in [2.75, 3.05) is 7.11 Å². The average molecular weight is 355 g/mol. The number of methoxy groups -OCH3 is 1. The highest BCUT2D eigenvalue weighted by Crippen LogP contribution is 2.38. The van der Waals surface area contributed by atoms with Crippen LogP contribution in [-0.4, -0.2) is 12.2 Å². The predicted molar refractivity (Wildman–Crippen MR) is 84.5 cm³/mol. The van der Waals surface area contributed by atoms with E-state index in [-0.39, 0.29) is 0 Å². The molecule has 0 saturated carbocycles. The summed E-state index contributed by atoms with van der Waals surface area (Å²) in [6.45, 7) is 0. The van der Waals surface area contributed by atoms with E-state index in [0.717, 1.165) is 20.7 Å². The number of hydrogen-bond acceptors (Lipinski definition) is 4. The summed E-state index contributed by atoms with van der Waals surface area (Å²) in [6.07, 6.45) is -0.607. The van der Waals surface area contributed by atoms with Gasteiger partial charge < -0.3 is 9.84 Å². The third-order valence-electron chi connectivity index (χ3n) is 2.93. The minimum absolute atomic E-state index is 0.607. The lowest BCUT2D eigenvalue weighted by molar-refractivity contribution is 0.223. The van der Waals surface area contributed by atoms with Crippen molar-refractivity contribution in [2.45, 2.75) is 6.10 Å². The first kappa shape index (κ1) is 13.1. The van der Waals surface area contributed by atoms with Crippen LogP contribution in [0.25, 0.3) is 9.40 Å². The molecule has 5 heteroatoms. The third-order valence-corrected chi connectivity index (χ3v) is 5.76. The first-order chi connectivity index (χ1) is 9.19. The third kappa shape index (κ3) is 2.43. The van der Waals surface area contributed by atoms with E-state index in [0.29, 0.717) is 0 Å². The maximum absolute atomic E-state index is 10.5. The van der Waals surface area contributed by atoms with E-state index < -0.39 is 6.10 Å². The van der Waals surface area contributed by atoms with Gasteiger partial charge in [0.2, 0.25) is 0 Å². The molecular weight excluding hydrogens is 344 g/mol. The Balaban J connectivity index is 1.99. The topological polar surface area (TPSA) is 29.5 Å². The van der Waals surface area contributed by atoms with E-state index in [1.165, 1.54) is 9.40 Å². The Morgan fingerprint density at radius 3 is 2.74 bits per heavy atom. The lowest BCUT2D eigenvalue weighted by atomic mass is 10.1. The summed E-state index contributed by atoms with van der Waals surface area (Å²) in [7, 11) is 1.63. The normalized spacial score (nSPS) is 12.8. The van der Waals surface area contributed by atoms with Gasteiger partial charge in [0.15, 0.2) is 0 Å². The van der Waals surface area contributed by atoms with Crippen molar-refractivity contribution >= 4 is 48.0 Å². The standard InChI is InChI=1S/C14H11BrO2S2/c1-17-8-2-3-9(10(15)6-8)14(16)13-7-12-11(19-13)4-5-18-12/h2-7,14,16H,1H3. The van der Waals surface area contributed by atoms with Crippen LogP contribution in [0.5, 0.6) is 5.75 Å². The predicted octanol–water partition coefficient (Wildman–Crippen LogP) is 4.82. The first-order valence-electron chi connectivity index (χ1n) is 5.67. The van der Waals surface area contributed by atoms with E-state index in [9.17, 15) is 5.11 Å². The SMILES string of the molecule is COc1ccc(C(O)c2cc3sccc3s2)c(Br)c1. The van der Waals surface area contributed by atoms with Gasteiger partial charge in [0.05, 0.1) is 7.11 Å². The highest BCUT2D eigenvalue weighted by atomic mass is 79.9. The lowest BCUT2D eigenvalue weighted by Crippen LogP contribution is -1.98. The fraction of sp³-hybridized carbons (Fsp3) is 0.143. The van der Waals surface area contributed by atoms with Crippen LogP contribution in [0.2, 0.25) is 0 Å². The van der Waals surface area contributed by atoms with Gasteiger partial charge in [-0.15, -0.1) is 22.7 Å². The molecule has 0 fully saturated rings. The van der Waals surface area contributed by atoms with Gasteiger partial charge in [-0.3, -0.25) is 0 Å². The zero-order valence-electron chi connectivity index (χ0n) is 10.1. The number of fused-ring (bicyclic) bond motifs is 1. The minimum atomic E-state index is -0.607. The van der Waals surface area contributed by atoms with Crippen LogP contribution >= 0.6 is 38.6 Å². The number of aliphatic hydroxyl groups excluding tert-OH is 1. The Kier molecular flexibility index (Phi) is 3.62. The highest BCUT2D eigenvalue weighted by molar-refractivity contribution is 9.10. The van der Waals surface area contributed by atoms with E-state index in [4.69, 9.17) is 4.74 Å². The zero-order valence-corrected chi connectivity index (χ0v) is 13.3. The van der Waals surface area contributed by atoms with Crippen molar-refractivity contribution in [3.8, 4) is 5.75 Å². The van der Waals surface area contributed by atoms with Crippen molar-refractivity contribution in [2.24, 2.45) is 0 Å². The van der Waals surface area contributed by atoms with Gasteiger partial charge in [0.1, 0.15) is 11.9 Å². The summed E-state index contributed by atoms with van der Waals surface area (Å²) in [4.78, 5) is 0.965. The van der Waals surface area contributed by atoms with Crippen molar-refractivity contribution in [3.05, 3.63) is 50.6 Å². The maximum atomic E-state index is 10.5. The fourth-order valence-electron chi connectivity index (χ4n) is 1.93. The second kappa shape index (κ2) is 5.25. The molecule has 98 valence electrons. The van der Waals surface area contributed by atoms with Crippen molar-refractivity contribution < 1.29 is 9.84 Å². The van der Waals surface area contributed by atoms with Crippen LogP contribution in [0.1, 0.15) is 16.5 Å². The van der Waals surface area contributed by atoms with E-state index >= 15 is 0 Å². The molecule has 2 nitrogen and oxygen atoms in total. The van der Waals surface area contributed by atoms with Crippen LogP contribution < -0.4 is 4.74 Å². The van der Waals surface area contributed by atoms with E-state index in [1.807, 2.05) is 18.2 Å². The molecule has 1 atom stereocenters. The largest absolute Gasteiger partial charge is 0.497 e. The summed E-state index contributed by atoms with van der Waals surface area (Å²) in [5, 5.41) is 12.6. The molecule has 19 heavy (non-hydrogen) atoms. The molecule has 2 heterocycles. The van der Waals surface area contributed by atoms with Crippen molar-refractivity contribution in [1.82, 2.24) is 0 Å². The fourth-order valence-corrected chi connectivity index (χ4v) is 4.63. The molecule has 0 aliphatic carbocycles. The van der Waals surface area contributed by atoms with Crippen molar-refractivity contribution in [1.29, 1.82) is 0 Å². The molecule has 0 saturated heterocycles. The van der Waals surface area contributed by atoms with Gasteiger partial charge in [0, 0.05) is 24.3 Å². The number of ether oxygens (including phenoxy) is 1. The molecule has 3 rings (SSSR count). The summed E-state index contributed by atoms with van der Waals surface area (Å²) in [5.74, 6) is 0.773. The van der Waals surface area contributed by atoms with Gasteiger partial charge in [0.25, 0.3) is 0 Å². The smallest absolute Gasteiger partial charge is 0.120 e. The Labute approximate surface area is 127 Å². The molecule has 3 aromatic rings. The Hall–Kier alpha value is -0.880. The molecule has 0 aliphatic rings. The molecule has 1 unspecified atom stereocenters. The van der Waals surface area contributed by atoms with Crippen molar-refractivity contribution in [3.63, 3.8) is 0 Å². The monoisotopic (exact) mass is 354 g/mol. The first-order valence-corrected chi connectivity index (χ1v) is 8.16. The summed E-state index contributed by atoms with van der Waals surface area (Å²) < 4.78 is 8.47. The number of aliphatic hydroxyl groups is 1. The zero-order chi connectivity index (χ0) is 13.4. The molecule has 0 amide bonds. The second-order valence-electron chi connectivity index (χ2n) is 4.09.